The van der Waals surface area contributed by atoms with E-state index >= 15 is 0 Å². The molecule has 5 nitrogen and oxygen atoms in total. The summed E-state index contributed by atoms with van der Waals surface area (Å²) in [5.41, 5.74) is 0.347. The highest BCUT2D eigenvalue weighted by Gasteiger charge is 2.17. The van der Waals surface area contributed by atoms with Crippen LogP contribution in [0.2, 0.25) is 0 Å². The van der Waals surface area contributed by atoms with Gasteiger partial charge in [-0.3, -0.25) is 4.79 Å². The average molecular weight is 405 g/mol. The molecule has 140 valence electrons. The van der Waals surface area contributed by atoms with Crippen molar-refractivity contribution < 1.29 is 22.3 Å². The third-order valence-electron chi connectivity index (χ3n) is 3.71. The molecule has 0 aliphatic heterocycles. The first kappa shape index (κ1) is 19.2. The van der Waals surface area contributed by atoms with Crippen LogP contribution in [0.15, 0.2) is 58.9 Å². The SMILES string of the molecule is CS(=O)(=O)c1ccccc1Oc1ccc(F)cc1CC(=O)Cc1nccs1. The maximum atomic E-state index is 13.7. The van der Waals surface area contributed by atoms with Crippen LogP contribution in [0.1, 0.15) is 10.6 Å². The number of rotatable bonds is 7. The van der Waals surface area contributed by atoms with Gasteiger partial charge in [0.2, 0.25) is 0 Å². The molecule has 3 aromatic rings. The van der Waals surface area contributed by atoms with Crippen LogP contribution in [-0.2, 0) is 27.5 Å². The molecule has 0 aliphatic carbocycles. The van der Waals surface area contributed by atoms with Gasteiger partial charge in [0.15, 0.2) is 9.84 Å². The molecule has 0 unspecified atom stereocenters. The van der Waals surface area contributed by atoms with Crippen LogP contribution in [0, 0.1) is 5.82 Å². The van der Waals surface area contributed by atoms with E-state index in [1.54, 1.807) is 23.7 Å². The van der Waals surface area contributed by atoms with Crippen LogP contribution in [-0.4, -0.2) is 25.4 Å². The van der Waals surface area contributed by atoms with E-state index in [4.69, 9.17) is 4.74 Å². The van der Waals surface area contributed by atoms with Crippen molar-refractivity contribution in [2.24, 2.45) is 0 Å². The lowest BCUT2D eigenvalue weighted by Gasteiger charge is -2.13. The van der Waals surface area contributed by atoms with Crippen LogP contribution in [0.5, 0.6) is 11.5 Å². The Morgan fingerprint density at radius 2 is 1.93 bits per heavy atom. The molecule has 1 aromatic heterocycles. The first-order chi connectivity index (χ1) is 12.8. The van der Waals surface area contributed by atoms with Gasteiger partial charge in [-0.15, -0.1) is 11.3 Å². The van der Waals surface area contributed by atoms with E-state index in [9.17, 15) is 17.6 Å². The predicted octanol–water partition coefficient (Wildman–Crippen LogP) is 3.83. The number of ether oxygens (including phenoxy) is 1. The summed E-state index contributed by atoms with van der Waals surface area (Å²) in [6.45, 7) is 0. The Hall–Kier alpha value is -2.58. The van der Waals surface area contributed by atoms with E-state index < -0.39 is 15.7 Å². The third-order valence-corrected chi connectivity index (χ3v) is 5.63. The second-order valence-corrected chi connectivity index (χ2v) is 8.85. The zero-order chi connectivity index (χ0) is 19.4. The molecule has 0 saturated heterocycles. The highest BCUT2D eigenvalue weighted by Crippen LogP contribution is 2.31. The Bertz CT molecular complexity index is 1060. The highest BCUT2D eigenvalue weighted by atomic mass is 32.2. The molecule has 0 spiro atoms. The molecule has 0 fully saturated rings. The summed E-state index contributed by atoms with van der Waals surface area (Å²) in [7, 11) is -3.50. The fraction of sp³-hybridized carbons (Fsp3) is 0.158. The van der Waals surface area contributed by atoms with Crippen LogP contribution in [0.25, 0.3) is 0 Å². The first-order valence-corrected chi connectivity index (χ1v) is 10.8. The molecule has 0 N–H and O–H groups in total. The van der Waals surface area contributed by atoms with Crippen molar-refractivity contribution in [3.05, 3.63) is 70.4 Å². The second-order valence-electron chi connectivity index (χ2n) is 5.89. The minimum absolute atomic E-state index is 0.0226. The number of aromatic nitrogens is 1. The number of thiazole rings is 1. The summed E-state index contributed by atoms with van der Waals surface area (Å²) in [6.07, 6.45) is 2.80. The van der Waals surface area contributed by atoms with E-state index in [1.807, 2.05) is 0 Å². The van der Waals surface area contributed by atoms with Gasteiger partial charge in [-0.25, -0.2) is 17.8 Å². The standard InChI is InChI=1S/C19H16FNO4S2/c1-27(23,24)18-5-3-2-4-17(18)25-16-7-6-14(20)10-13(16)11-15(22)12-19-21-8-9-26-19/h2-10H,11-12H2,1H3. The number of Topliss-reactive ketones (excluding diaryl/α,β-unsaturated/α-hetero) is 1. The number of nitrogens with zero attached hydrogens (tertiary/aromatic N) is 1. The monoisotopic (exact) mass is 405 g/mol. The fourth-order valence-corrected chi connectivity index (χ4v) is 3.97. The van der Waals surface area contributed by atoms with E-state index in [-0.39, 0.29) is 35.0 Å². The van der Waals surface area contributed by atoms with E-state index in [2.05, 4.69) is 4.98 Å². The van der Waals surface area contributed by atoms with E-state index in [0.717, 1.165) is 6.26 Å². The van der Waals surface area contributed by atoms with Crippen molar-refractivity contribution >= 4 is 27.0 Å². The second kappa shape index (κ2) is 7.98. The lowest BCUT2D eigenvalue weighted by molar-refractivity contribution is -0.117. The zero-order valence-corrected chi connectivity index (χ0v) is 16.0. The molecule has 2 aromatic carbocycles. The first-order valence-electron chi connectivity index (χ1n) is 7.98. The number of carbonyl (C=O) groups is 1. The Morgan fingerprint density at radius 1 is 1.15 bits per heavy atom. The molecule has 27 heavy (non-hydrogen) atoms. The molecule has 1 heterocycles. The van der Waals surface area contributed by atoms with Crippen molar-refractivity contribution in [3.8, 4) is 11.5 Å². The number of para-hydroxylation sites is 1. The number of hydrogen-bond donors (Lipinski definition) is 0. The Kier molecular flexibility index (Phi) is 5.67. The quantitative estimate of drug-likeness (QED) is 0.597. The maximum absolute atomic E-state index is 13.7. The minimum atomic E-state index is -3.50. The molecular formula is C19H16FNO4S2. The number of carbonyl (C=O) groups excluding carboxylic acids is 1. The summed E-state index contributed by atoms with van der Waals surface area (Å²) in [5, 5.41) is 2.46. The van der Waals surface area contributed by atoms with Gasteiger partial charge < -0.3 is 4.74 Å². The minimum Gasteiger partial charge on any atom is -0.456 e. The summed E-state index contributed by atoms with van der Waals surface area (Å²) in [6, 6.07) is 9.99. The van der Waals surface area contributed by atoms with Gasteiger partial charge in [-0.05, 0) is 30.3 Å². The largest absolute Gasteiger partial charge is 0.456 e. The van der Waals surface area contributed by atoms with Gasteiger partial charge in [0.1, 0.15) is 28.0 Å². The molecular weight excluding hydrogens is 389 g/mol. The molecule has 0 aliphatic rings. The van der Waals surface area contributed by atoms with Crippen molar-refractivity contribution in [3.63, 3.8) is 0 Å². The molecule has 0 atom stereocenters. The fourth-order valence-electron chi connectivity index (χ4n) is 2.53. The van der Waals surface area contributed by atoms with Crippen molar-refractivity contribution in [1.82, 2.24) is 4.98 Å². The van der Waals surface area contributed by atoms with Gasteiger partial charge in [0, 0.05) is 29.8 Å². The zero-order valence-electron chi connectivity index (χ0n) is 14.4. The molecule has 0 bridgehead atoms. The number of ketones is 1. The van der Waals surface area contributed by atoms with Gasteiger partial charge in [0.05, 0.1) is 11.4 Å². The lowest BCUT2D eigenvalue weighted by Crippen LogP contribution is -2.08. The molecule has 0 amide bonds. The number of hydrogen-bond acceptors (Lipinski definition) is 6. The van der Waals surface area contributed by atoms with Crippen LogP contribution < -0.4 is 4.74 Å². The number of halogens is 1. The van der Waals surface area contributed by atoms with E-state index in [0.29, 0.717) is 10.6 Å². The predicted molar refractivity (Wildman–Crippen MR) is 101 cm³/mol. The Balaban J connectivity index is 1.88. The van der Waals surface area contributed by atoms with Crippen molar-refractivity contribution in [2.75, 3.05) is 6.26 Å². The van der Waals surface area contributed by atoms with Gasteiger partial charge in [-0.2, -0.15) is 0 Å². The summed E-state index contributed by atoms with van der Waals surface area (Å²) < 4.78 is 43.3. The Labute approximate surface area is 160 Å². The van der Waals surface area contributed by atoms with Crippen LogP contribution >= 0.6 is 11.3 Å². The van der Waals surface area contributed by atoms with Crippen molar-refractivity contribution in [2.45, 2.75) is 17.7 Å². The van der Waals surface area contributed by atoms with Crippen LogP contribution in [0.3, 0.4) is 0 Å². The molecule has 0 radical (unpaired) electrons. The normalized spacial score (nSPS) is 11.3. The van der Waals surface area contributed by atoms with E-state index in [1.165, 1.54) is 41.7 Å². The summed E-state index contributed by atoms with van der Waals surface area (Å²) in [5.74, 6) is -0.284. The lowest BCUT2D eigenvalue weighted by atomic mass is 10.1. The highest BCUT2D eigenvalue weighted by molar-refractivity contribution is 7.90. The maximum Gasteiger partial charge on any atom is 0.179 e. The average Bonchev–Trinajstić information content (AvgIpc) is 3.09. The van der Waals surface area contributed by atoms with Gasteiger partial charge in [0.25, 0.3) is 0 Å². The van der Waals surface area contributed by atoms with Crippen molar-refractivity contribution in [1.29, 1.82) is 0 Å². The summed E-state index contributed by atoms with van der Waals surface area (Å²) >= 11 is 1.37. The third kappa shape index (κ3) is 4.99. The molecule has 8 heteroatoms. The smallest absolute Gasteiger partial charge is 0.179 e. The topological polar surface area (TPSA) is 73.3 Å². The van der Waals surface area contributed by atoms with Gasteiger partial charge in [-0.1, -0.05) is 12.1 Å². The molecule has 3 rings (SSSR count). The van der Waals surface area contributed by atoms with Gasteiger partial charge >= 0.3 is 0 Å². The van der Waals surface area contributed by atoms with Crippen LogP contribution in [0.4, 0.5) is 4.39 Å². The number of benzene rings is 2. The number of sulfone groups is 1. The molecule has 0 saturated carbocycles. The summed E-state index contributed by atoms with van der Waals surface area (Å²) in [4.78, 5) is 16.4. The Morgan fingerprint density at radius 3 is 2.63 bits per heavy atom.